The van der Waals surface area contributed by atoms with Crippen LogP contribution in [0.1, 0.15) is 28.5 Å². The number of rotatable bonds is 2. The molecule has 0 bridgehead atoms. The first-order valence-corrected chi connectivity index (χ1v) is 5.60. The summed E-state index contributed by atoms with van der Waals surface area (Å²) in [5, 5.41) is 0. The van der Waals surface area contributed by atoms with Crippen molar-refractivity contribution in [3.63, 3.8) is 0 Å². The van der Waals surface area contributed by atoms with Gasteiger partial charge in [0.1, 0.15) is 0 Å². The molecule has 0 aliphatic carbocycles. The molecule has 0 saturated carbocycles. The predicted molar refractivity (Wildman–Crippen MR) is 70.8 cm³/mol. The van der Waals surface area contributed by atoms with Gasteiger partial charge < -0.3 is 0 Å². The minimum Gasteiger partial charge on any atom is -0.288 e. The van der Waals surface area contributed by atoms with Gasteiger partial charge in [0.15, 0.2) is 0 Å². The van der Waals surface area contributed by atoms with Crippen LogP contribution in [0.5, 0.6) is 0 Å². The maximum Gasteiger partial charge on any atom is 0.227 e. The van der Waals surface area contributed by atoms with Crippen molar-refractivity contribution in [3.8, 4) is 0 Å². The standard InChI is InChI=1S/C15H15NO/c1-12-6-3-4-7-14(12)9-10-15-8-5-11-16(15)13(2)17/h3-11H,1-2H3/b10-9+. The highest BCUT2D eigenvalue weighted by Gasteiger charge is 2.00. The lowest BCUT2D eigenvalue weighted by atomic mass is 10.1. The molecule has 0 fully saturated rings. The van der Waals surface area contributed by atoms with Crippen molar-refractivity contribution >= 4 is 18.1 Å². The fourth-order valence-electron chi connectivity index (χ4n) is 1.77. The Labute approximate surface area is 101 Å². The zero-order chi connectivity index (χ0) is 12.3. The van der Waals surface area contributed by atoms with E-state index in [0.29, 0.717) is 0 Å². The SMILES string of the molecule is CC(=O)n1cccc1/C=C/c1ccccc1C. The maximum absolute atomic E-state index is 11.3. The van der Waals surface area contributed by atoms with Gasteiger partial charge in [0, 0.05) is 18.8 Å². The predicted octanol–water partition coefficient (Wildman–Crippen LogP) is 3.63. The van der Waals surface area contributed by atoms with E-state index < -0.39 is 0 Å². The Balaban J connectivity index is 2.30. The summed E-state index contributed by atoms with van der Waals surface area (Å²) >= 11 is 0. The third kappa shape index (κ3) is 2.53. The molecule has 2 aromatic rings. The number of aryl methyl sites for hydroxylation is 1. The van der Waals surface area contributed by atoms with Crippen LogP contribution in [0.25, 0.3) is 12.2 Å². The molecular weight excluding hydrogens is 210 g/mol. The number of aromatic nitrogens is 1. The molecule has 86 valence electrons. The zero-order valence-electron chi connectivity index (χ0n) is 10.1. The molecule has 2 nitrogen and oxygen atoms in total. The molecule has 0 N–H and O–H groups in total. The van der Waals surface area contributed by atoms with Gasteiger partial charge in [0.2, 0.25) is 5.91 Å². The van der Waals surface area contributed by atoms with E-state index in [-0.39, 0.29) is 5.91 Å². The van der Waals surface area contributed by atoms with Gasteiger partial charge in [-0.05, 0) is 36.3 Å². The summed E-state index contributed by atoms with van der Waals surface area (Å²) in [5.74, 6) is 0.0273. The largest absolute Gasteiger partial charge is 0.288 e. The number of hydrogen-bond donors (Lipinski definition) is 0. The van der Waals surface area contributed by atoms with E-state index in [2.05, 4.69) is 19.1 Å². The molecule has 0 radical (unpaired) electrons. The summed E-state index contributed by atoms with van der Waals surface area (Å²) in [6, 6.07) is 12.0. The van der Waals surface area contributed by atoms with Gasteiger partial charge in [-0.25, -0.2) is 0 Å². The normalized spacial score (nSPS) is 10.9. The first kappa shape index (κ1) is 11.4. The first-order chi connectivity index (χ1) is 8.18. The lowest BCUT2D eigenvalue weighted by Crippen LogP contribution is -2.05. The third-order valence-electron chi connectivity index (χ3n) is 2.74. The molecule has 0 aliphatic rings. The van der Waals surface area contributed by atoms with Crippen molar-refractivity contribution in [3.05, 3.63) is 59.4 Å². The van der Waals surface area contributed by atoms with Crippen LogP contribution in [0.2, 0.25) is 0 Å². The Bertz CT molecular complexity index is 564. The molecule has 0 amide bonds. The second kappa shape index (κ2) is 4.83. The van der Waals surface area contributed by atoms with E-state index in [9.17, 15) is 4.79 Å². The zero-order valence-corrected chi connectivity index (χ0v) is 10.1. The van der Waals surface area contributed by atoms with Crippen LogP contribution in [-0.4, -0.2) is 10.5 Å². The minimum atomic E-state index is 0.0273. The summed E-state index contributed by atoms with van der Waals surface area (Å²) in [6.07, 6.45) is 5.77. The Kier molecular flexibility index (Phi) is 3.24. The Hall–Kier alpha value is -2.09. The highest BCUT2D eigenvalue weighted by molar-refractivity contribution is 5.81. The number of benzene rings is 1. The van der Waals surface area contributed by atoms with Crippen LogP contribution in [0.3, 0.4) is 0 Å². The second-order valence-corrected chi connectivity index (χ2v) is 4.01. The van der Waals surface area contributed by atoms with Crippen molar-refractivity contribution in [1.29, 1.82) is 0 Å². The molecule has 1 aromatic carbocycles. The van der Waals surface area contributed by atoms with Crippen molar-refractivity contribution < 1.29 is 4.79 Å². The highest BCUT2D eigenvalue weighted by Crippen LogP contribution is 2.12. The van der Waals surface area contributed by atoms with Crippen LogP contribution in [-0.2, 0) is 0 Å². The first-order valence-electron chi connectivity index (χ1n) is 5.60. The lowest BCUT2D eigenvalue weighted by Gasteiger charge is -2.01. The quantitative estimate of drug-likeness (QED) is 0.765. The van der Waals surface area contributed by atoms with E-state index in [1.807, 2.05) is 36.4 Å². The Morgan fingerprint density at radius 3 is 2.59 bits per heavy atom. The number of carbonyl (C=O) groups excluding carboxylic acids is 1. The van der Waals surface area contributed by atoms with E-state index in [0.717, 1.165) is 5.69 Å². The Morgan fingerprint density at radius 2 is 1.88 bits per heavy atom. The number of carbonyl (C=O) groups is 1. The maximum atomic E-state index is 11.3. The smallest absolute Gasteiger partial charge is 0.227 e. The van der Waals surface area contributed by atoms with E-state index >= 15 is 0 Å². The molecule has 2 rings (SSSR count). The van der Waals surface area contributed by atoms with Crippen LogP contribution >= 0.6 is 0 Å². The van der Waals surface area contributed by atoms with E-state index in [1.165, 1.54) is 11.1 Å². The van der Waals surface area contributed by atoms with Gasteiger partial charge >= 0.3 is 0 Å². The van der Waals surface area contributed by atoms with Crippen LogP contribution in [0.15, 0.2) is 42.6 Å². The highest BCUT2D eigenvalue weighted by atomic mass is 16.1. The van der Waals surface area contributed by atoms with Gasteiger partial charge in [-0.1, -0.05) is 30.3 Å². The van der Waals surface area contributed by atoms with Gasteiger partial charge in [-0.3, -0.25) is 9.36 Å². The molecule has 0 atom stereocenters. The topological polar surface area (TPSA) is 22.0 Å². The van der Waals surface area contributed by atoms with Gasteiger partial charge in [0.25, 0.3) is 0 Å². The molecule has 0 aliphatic heterocycles. The average Bonchev–Trinajstić information content (AvgIpc) is 2.76. The summed E-state index contributed by atoms with van der Waals surface area (Å²) < 4.78 is 1.63. The van der Waals surface area contributed by atoms with Crippen molar-refractivity contribution in [2.75, 3.05) is 0 Å². The fraction of sp³-hybridized carbons (Fsp3) is 0.133. The van der Waals surface area contributed by atoms with E-state index in [1.54, 1.807) is 17.7 Å². The molecule has 1 heterocycles. The van der Waals surface area contributed by atoms with Crippen LogP contribution < -0.4 is 0 Å². The summed E-state index contributed by atoms with van der Waals surface area (Å²) in [6.45, 7) is 3.63. The molecule has 0 spiro atoms. The summed E-state index contributed by atoms with van der Waals surface area (Å²) in [5.41, 5.74) is 3.30. The molecule has 1 aromatic heterocycles. The van der Waals surface area contributed by atoms with Gasteiger partial charge in [0.05, 0.1) is 0 Å². The monoisotopic (exact) mass is 225 g/mol. The molecule has 17 heavy (non-hydrogen) atoms. The minimum absolute atomic E-state index is 0.0273. The molecular formula is C15H15NO. The summed E-state index contributed by atoms with van der Waals surface area (Å²) in [7, 11) is 0. The third-order valence-corrected chi connectivity index (χ3v) is 2.74. The Morgan fingerprint density at radius 1 is 1.12 bits per heavy atom. The van der Waals surface area contributed by atoms with Crippen molar-refractivity contribution in [1.82, 2.24) is 4.57 Å². The van der Waals surface area contributed by atoms with Crippen molar-refractivity contribution in [2.24, 2.45) is 0 Å². The number of hydrogen-bond acceptors (Lipinski definition) is 1. The van der Waals surface area contributed by atoms with Crippen molar-refractivity contribution in [2.45, 2.75) is 13.8 Å². The average molecular weight is 225 g/mol. The van der Waals surface area contributed by atoms with Gasteiger partial charge in [-0.2, -0.15) is 0 Å². The molecule has 2 heteroatoms. The van der Waals surface area contributed by atoms with Gasteiger partial charge in [-0.15, -0.1) is 0 Å². The van der Waals surface area contributed by atoms with Crippen LogP contribution in [0.4, 0.5) is 0 Å². The molecule has 0 unspecified atom stereocenters. The molecule has 0 saturated heterocycles. The number of nitrogens with zero attached hydrogens (tertiary/aromatic N) is 1. The fourth-order valence-corrected chi connectivity index (χ4v) is 1.77. The van der Waals surface area contributed by atoms with E-state index in [4.69, 9.17) is 0 Å². The summed E-state index contributed by atoms with van der Waals surface area (Å²) in [4.78, 5) is 11.3. The lowest BCUT2D eigenvalue weighted by molar-refractivity contribution is 0.0936. The van der Waals surface area contributed by atoms with Crippen LogP contribution in [0, 0.1) is 6.92 Å². The second-order valence-electron chi connectivity index (χ2n) is 4.01.